The quantitative estimate of drug-likeness (QED) is 0.827. The van der Waals surface area contributed by atoms with Gasteiger partial charge in [0.15, 0.2) is 4.67 Å². The Labute approximate surface area is 109 Å². The zero-order valence-electron chi connectivity index (χ0n) is 8.02. The zero-order valence-corrected chi connectivity index (χ0v) is 11.2. The largest absolute Gasteiger partial charge is 0.508 e. The van der Waals surface area contributed by atoms with Crippen molar-refractivity contribution in [2.75, 3.05) is 0 Å². The van der Waals surface area contributed by atoms with E-state index in [9.17, 15) is 5.11 Å². The first-order valence-corrected chi connectivity index (χ1v) is 6.02. The van der Waals surface area contributed by atoms with Crippen LogP contribution < -0.4 is 0 Å². The lowest BCUT2D eigenvalue weighted by Crippen LogP contribution is -1.73. The molecule has 1 aromatic carbocycles. The number of benzene rings is 1. The highest BCUT2D eigenvalue weighted by Crippen LogP contribution is 2.26. The van der Waals surface area contributed by atoms with Crippen molar-refractivity contribution in [3.8, 4) is 5.75 Å². The lowest BCUT2D eigenvalue weighted by molar-refractivity contribution is 0.475. The van der Waals surface area contributed by atoms with Gasteiger partial charge in [0.2, 0.25) is 0 Å². The molecule has 82 valence electrons. The number of phenols is 1. The van der Waals surface area contributed by atoms with E-state index in [0.717, 1.165) is 4.47 Å². The van der Waals surface area contributed by atoms with E-state index in [1.165, 1.54) is 0 Å². The van der Waals surface area contributed by atoms with E-state index in [4.69, 9.17) is 4.42 Å². The van der Waals surface area contributed by atoms with Gasteiger partial charge in [0.05, 0.1) is 16.4 Å². The Morgan fingerprint density at radius 2 is 2.06 bits per heavy atom. The minimum atomic E-state index is 0.191. The van der Waals surface area contributed by atoms with E-state index in [1.807, 2.05) is 0 Å². The van der Waals surface area contributed by atoms with E-state index >= 15 is 0 Å². The van der Waals surface area contributed by atoms with Crippen molar-refractivity contribution in [1.29, 1.82) is 0 Å². The van der Waals surface area contributed by atoms with Gasteiger partial charge in [-0.3, -0.25) is 4.99 Å². The third-order valence-corrected chi connectivity index (χ3v) is 3.54. The highest BCUT2D eigenvalue weighted by Gasteiger charge is 2.03. The summed E-state index contributed by atoms with van der Waals surface area (Å²) < 4.78 is 6.79. The second kappa shape index (κ2) is 4.84. The smallest absolute Gasteiger partial charge is 0.184 e. The molecule has 2 aromatic rings. The first kappa shape index (κ1) is 11.4. The van der Waals surface area contributed by atoms with Gasteiger partial charge in [-0.05, 0) is 44.0 Å². The van der Waals surface area contributed by atoms with E-state index in [2.05, 4.69) is 36.9 Å². The Morgan fingerprint density at radius 1 is 1.25 bits per heavy atom. The Bertz CT molecular complexity index is 515. The van der Waals surface area contributed by atoms with Gasteiger partial charge in [-0.2, -0.15) is 0 Å². The summed E-state index contributed by atoms with van der Waals surface area (Å²) in [5.74, 6) is 0.818. The fraction of sp³-hybridized carbons (Fsp3) is 0. The minimum absolute atomic E-state index is 0.191. The number of furan rings is 1. The molecule has 1 aromatic heterocycles. The zero-order chi connectivity index (χ0) is 11.5. The Morgan fingerprint density at radius 3 is 2.69 bits per heavy atom. The second-order valence-corrected chi connectivity index (χ2v) is 4.62. The number of rotatable bonds is 2. The summed E-state index contributed by atoms with van der Waals surface area (Å²) in [7, 11) is 0. The third kappa shape index (κ3) is 2.74. The van der Waals surface area contributed by atoms with Crippen LogP contribution in [-0.2, 0) is 0 Å². The van der Waals surface area contributed by atoms with E-state index in [0.29, 0.717) is 16.1 Å². The molecule has 0 saturated carbocycles. The topological polar surface area (TPSA) is 45.7 Å². The normalized spacial score (nSPS) is 11.1. The summed E-state index contributed by atoms with van der Waals surface area (Å²) >= 11 is 6.55. The number of hydrogen-bond acceptors (Lipinski definition) is 3. The molecule has 0 radical (unpaired) electrons. The van der Waals surface area contributed by atoms with Crippen LogP contribution in [0, 0.1) is 0 Å². The van der Waals surface area contributed by atoms with Crippen molar-refractivity contribution in [2.45, 2.75) is 0 Å². The molecule has 0 unspecified atom stereocenters. The molecule has 1 N–H and O–H groups in total. The van der Waals surface area contributed by atoms with Crippen molar-refractivity contribution in [1.82, 2.24) is 0 Å². The van der Waals surface area contributed by atoms with Gasteiger partial charge in [-0.15, -0.1) is 0 Å². The van der Waals surface area contributed by atoms with Crippen LogP contribution in [0.3, 0.4) is 0 Å². The molecule has 0 bridgehead atoms. The average molecular weight is 345 g/mol. The van der Waals surface area contributed by atoms with E-state index in [1.54, 1.807) is 36.5 Å². The van der Waals surface area contributed by atoms with Crippen LogP contribution in [0.15, 0.2) is 48.9 Å². The minimum Gasteiger partial charge on any atom is -0.508 e. The van der Waals surface area contributed by atoms with Gasteiger partial charge in [0.25, 0.3) is 0 Å². The molecule has 0 fully saturated rings. The molecule has 1 heterocycles. The van der Waals surface area contributed by atoms with Crippen LogP contribution >= 0.6 is 31.9 Å². The number of phenolic OH excluding ortho intramolecular Hbond substituents is 1. The number of aliphatic imine (C=N–C) groups is 1. The molecule has 16 heavy (non-hydrogen) atoms. The summed E-state index contributed by atoms with van der Waals surface area (Å²) in [6, 6.07) is 8.50. The monoisotopic (exact) mass is 343 g/mol. The van der Waals surface area contributed by atoms with Crippen LogP contribution in [0.1, 0.15) is 5.76 Å². The molecular formula is C11H7Br2NO2. The van der Waals surface area contributed by atoms with E-state index in [-0.39, 0.29) is 5.75 Å². The molecule has 0 spiro atoms. The van der Waals surface area contributed by atoms with Crippen LogP contribution in [-0.4, -0.2) is 11.3 Å². The molecule has 5 heteroatoms. The molecule has 0 saturated heterocycles. The van der Waals surface area contributed by atoms with Crippen molar-refractivity contribution >= 4 is 43.8 Å². The molecule has 0 aliphatic heterocycles. The molecule has 0 aliphatic rings. The fourth-order valence-corrected chi connectivity index (χ4v) is 1.75. The Balaban J connectivity index is 2.21. The predicted molar refractivity (Wildman–Crippen MR) is 69.5 cm³/mol. The summed E-state index contributed by atoms with van der Waals surface area (Å²) in [6.45, 7) is 0. The number of nitrogens with zero attached hydrogens (tertiary/aromatic N) is 1. The van der Waals surface area contributed by atoms with Crippen molar-refractivity contribution in [3.05, 3.63) is 45.2 Å². The van der Waals surface area contributed by atoms with Crippen molar-refractivity contribution < 1.29 is 9.52 Å². The summed E-state index contributed by atoms with van der Waals surface area (Å²) in [6.07, 6.45) is 1.59. The number of hydrogen-bond donors (Lipinski definition) is 1. The fourth-order valence-electron chi connectivity index (χ4n) is 1.14. The van der Waals surface area contributed by atoms with Gasteiger partial charge < -0.3 is 9.52 Å². The average Bonchev–Trinajstić information content (AvgIpc) is 2.56. The maximum Gasteiger partial charge on any atom is 0.184 e. The molecular weight excluding hydrogens is 338 g/mol. The Kier molecular flexibility index (Phi) is 3.46. The summed E-state index contributed by atoms with van der Waals surface area (Å²) in [5, 5.41) is 9.25. The molecule has 3 nitrogen and oxygen atoms in total. The lowest BCUT2D eigenvalue weighted by Gasteiger charge is -1.93. The molecule has 0 atom stereocenters. The highest BCUT2D eigenvalue weighted by atomic mass is 79.9. The number of halogens is 2. The van der Waals surface area contributed by atoms with Crippen LogP contribution in [0.2, 0.25) is 0 Å². The van der Waals surface area contributed by atoms with E-state index < -0.39 is 0 Å². The van der Waals surface area contributed by atoms with Gasteiger partial charge in [0, 0.05) is 12.1 Å². The van der Waals surface area contributed by atoms with Gasteiger partial charge in [-0.1, -0.05) is 6.07 Å². The van der Waals surface area contributed by atoms with Gasteiger partial charge in [-0.25, -0.2) is 0 Å². The second-order valence-electron chi connectivity index (χ2n) is 3.05. The molecule has 2 rings (SSSR count). The highest BCUT2D eigenvalue weighted by molar-refractivity contribution is 9.13. The maximum absolute atomic E-state index is 9.25. The molecule has 0 aliphatic carbocycles. The van der Waals surface area contributed by atoms with Gasteiger partial charge in [0.1, 0.15) is 11.5 Å². The standard InChI is InChI=1S/C11H7Br2NO2/c12-10-5-9(16-11(10)13)6-14-7-2-1-3-8(15)4-7/h1-6,15H. The first-order valence-electron chi connectivity index (χ1n) is 4.43. The Hall–Kier alpha value is -1.07. The summed E-state index contributed by atoms with van der Waals surface area (Å²) in [5.41, 5.74) is 0.670. The third-order valence-electron chi connectivity index (χ3n) is 1.83. The van der Waals surface area contributed by atoms with Gasteiger partial charge >= 0.3 is 0 Å². The molecule has 0 amide bonds. The van der Waals surface area contributed by atoms with Crippen LogP contribution in [0.25, 0.3) is 0 Å². The SMILES string of the molecule is Oc1cccc(N=Cc2cc(Br)c(Br)o2)c1. The summed E-state index contributed by atoms with van der Waals surface area (Å²) in [4.78, 5) is 4.17. The lowest BCUT2D eigenvalue weighted by atomic mass is 10.3. The number of aromatic hydroxyl groups is 1. The van der Waals surface area contributed by atoms with Crippen molar-refractivity contribution in [3.63, 3.8) is 0 Å². The maximum atomic E-state index is 9.25. The first-order chi connectivity index (χ1) is 7.65. The van der Waals surface area contributed by atoms with Crippen LogP contribution in [0.5, 0.6) is 5.75 Å². The van der Waals surface area contributed by atoms with Crippen LogP contribution in [0.4, 0.5) is 5.69 Å². The predicted octanol–water partition coefficient (Wildman–Crippen LogP) is 4.26. The van der Waals surface area contributed by atoms with Crippen molar-refractivity contribution in [2.24, 2.45) is 4.99 Å².